The monoisotopic (exact) mass is 372 g/mol. The first-order valence-corrected chi connectivity index (χ1v) is 7.68. The van der Waals surface area contributed by atoms with Gasteiger partial charge in [-0.3, -0.25) is 9.59 Å². The summed E-state index contributed by atoms with van der Waals surface area (Å²) in [6.07, 6.45) is 1.57. The molecule has 0 atom stereocenters. The van der Waals surface area contributed by atoms with E-state index in [0.29, 0.717) is 11.3 Å². The maximum atomic E-state index is 12.1. The molecule has 6 nitrogen and oxygen atoms in total. The number of nitrogens with one attached hydrogen (secondary N) is 3. The summed E-state index contributed by atoms with van der Waals surface area (Å²) in [5.41, 5.74) is 2.70. The maximum absolute atomic E-state index is 12.1. The van der Waals surface area contributed by atoms with E-state index in [1.165, 1.54) is 0 Å². The zero-order valence-electron chi connectivity index (χ0n) is 12.0. The Bertz CT molecular complexity index is 858. The van der Waals surface area contributed by atoms with Crippen LogP contribution in [0.2, 0.25) is 0 Å². The van der Waals surface area contributed by atoms with Crippen LogP contribution in [0.1, 0.15) is 10.4 Å². The van der Waals surface area contributed by atoms with E-state index in [-0.39, 0.29) is 18.4 Å². The second-order valence-electron chi connectivity index (χ2n) is 4.87. The van der Waals surface area contributed by atoms with Crippen molar-refractivity contribution < 1.29 is 9.59 Å². The highest BCUT2D eigenvalue weighted by Gasteiger charge is 2.09. The molecule has 7 heteroatoms. The van der Waals surface area contributed by atoms with Crippen LogP contribution in [0, 0.1) is 0 Å². The Balaban J connectivity index is 1.57. The number of rotatable bonds is 4. The number of H-pyrrole nitrogens is 1. The molecule has 2 aromatic carbocycles. The molecule has 23 heavy (non-hydrogen) atoms. The second kappa shape index (κ2) is 6.62. The van der Waals surface area contributed by atoms with E-state index in [1.807, 2.05) is 12.1 Å². The number of halogens is 1. The molecule has 0 saturated carbocycles. The third-order valence-corrected chi connectivity index (χ3v) is 3.75. The van der Waals surface area contributed by atoms with Gasteiger partial charge in [0, 0.05) is 15.7 Å². The lowest BCUT2D eigenvalue weighted by atomic mass is 10.2. The molecular weight excluding hydrogens is 360 g/mol. The Hall–Kier alpha value is -2.67. The van der Waals surface area contributed by atoms with Crippen LogP contribution in [0.3, 0.4) is 0 Å². The summed E-state index contributed by atoms with van der Waals surface area (Å²) in [4.78, 5) is 31.0. The number of hydrogen-bond donors (Lipinski definition) is 3. The summed E-state index contributed by atoms with van der Waals surface area (Å²) < 4.78 is 0.929. The molecule has 0 aliphatic rings. The van der Waals surface area contributed by atoms with E-state index in [2.05, 4.69) is 36.5 Å². The zero-order valence-corrected chi connectivity index (χ0v) is 13.6. The molecule has 3 aromatic rings. The maximum Gasteiger partial charge on any atom is 0.251 e. The second-order valence-corrected chi connectivity index (χ2v) is 5.79. The summed E-state index contributed by atoms with van der Waals surface area (Å²) in [6, 6.07) is 12.3. The standard InChI is InChI=1S/C16H13BrN4O2/c17-11-2-4-12(5-3-11)21-15(22)8-18-16(23)10-1-6-13-14(7-10)20-9-19-13/h1-7,9H,8H2,(H,18,23)(H,19,20)(H,21,22). The lowest BCUT2D eigenvalue weighted by Gasteiger charge is -2.07. The molecule has 0 saturated heterocycles. The van der Waals surface area contributed by atoms with Crippen LogP contribution in [0.25, 0.3) is 11.0 Å². The Labute approximate surface area is 140 Å². The average molecular weight is 373 g/mol. The quantitative estimate of drug-likeness (QED) is 0.657. The summed E-state index contributed by atoms with van der Waals surface area (Å²) in [5, 5.41) is 5.30. The van der Waals surface area contributed by atoms with Crippen LogP contribution in [-0.4, -0.2) is 28.3 Å². The van der Waals surface area contributed by atoms with E-state index in [1.54, 1.807) is 36.7 Å². The molecule has 116 valence electrons. The number of aromatic nitrogens is 2. The zero-order chi connectivity index (χ0) is 16.2. The van der Waals surface area contributed by atoms with Crippen LogP contribution in [-0.2, 0) is 4.79 Å². The fourth-order valence-electron chi connectivity index (χ4n) is 2.08. The third kappa shape index (κ3) is 3.75. The Morgan fingerprint density at radius 3 is 2.70 bits per heavy atom. The van der Waals surface area contributed by atoms with Gasteiger partial charge >= 0.3 is 0 Å². The van der Waals surface area contributed by atoms with Crippen molar-refractivity contribution in [2.24, 2.45) is 0 Å². The van der Waals surface area contributed by atoms with Crippen molar-refractivity contribution in [1.29, 1.82) is 0 Å². The van der Waals surface area contributed by atoms with Crippen molar-refractivity contribution >= 4 is 44.5 Å². The first-order chi connectivity index (χ1) is 11.1. The number of imidazole rings is 1. The molecule has 0 bridgehead atoms. The predicted octanol–water partition coefficient (Wildman–Crippen LogP) is 2.69. The number of anilines is 1. The highest BCUT2D eigenvalue weighted by Crippen LogP contribution is 2.14. The average Bonchev–Trinajstić information content (AvgIpc) is 3.02. The van der Waals surface area contributed by atoms with E-state index in [0.717, 1.165) is 15.5 Å². The van der Waals surface area contributed by atoms with Crippen LogP contribution in [0.5, 0.6) is 0 Å². The van der Waals surface area contributed by atoms with Crippen molar-refractivity contribution in [3.8, 4) is 0 Å². The van der Waals surface area contributed by atoms with Gasteiger partial charge in [0.15, 0.2) is 0 Å². The van der Waals surface area contributed by atoms with Gasteiger partial charge in [-0.15, -0.1) is 0 Å². The molecule has 0 radical (unpaired) electrons. The minimum Gasteiger partial charge on any atom is -0.345 e. The van der Waals surface area contributed by atoms with Gasteiger partial charge in [-0.2, -0.15) is 0 Å². The Morgan fingerprint density at radius 1 is 1.13 bits per heavy atom. The molecule has 3 N–H and O–H groups in total. The summed E-state index contributed by atoms with van der Waals surface area (Å²) in [7, 11) is 0. The molecule has 3 rings (SSSR count). The number of hydrogen-bond acceptors (Lipinski definition) is 3. The molecular formula is C16H13BrN4O2. The molecule has 0 spiro atoms. The van der Waals surface area contributed by atoms with Crippen molar-refractivity contribution in [3.05, 3.63) is 58.8 Å². The van der Waals surface area contributed by atoms with Gasteiger partial charge in [-0.25, -0.2) is 4.98 Å². The number of nitrogens with zero attached hydrogens (tertiary/aromatic N) is 1. The highest BCUT2D eigenvalue weighted by atomic mass is 79.9. The van der Waals surface area contributed by atoms with E-state index < -0.39 is 0 Å². The van der Waals surface area contributed by atoms with E-state index in [9.17, 15) is 9.59 Å². The molecule has 0 unspecified atom stereocenters. The van der Waals surface area contributed by atoms with Gasteiger partial charge in [-0.1, -0.05) is 15.9 Å². The Kier molecular flexibility index (Phi) is 4.38. The molecule has 1 aromatic heterocycles. The highest BCUT2D eigenvalue weighted by molar-refractivity contribution is 9.10. The van der Waals surface area contributed by atoms with Gasteiger partial charge in [0.2, 0.25) is 5.91 Å². The van der Waals surface area contributed by atoms with Crippen molar-refractivity contribution in [3.63, 3.8) is 0 Å². The number of carbonyl (C=O) groups is 2. The Morgan fingerprint density at radius 2 is 1.91 bits per heavy atom. The summed E-state index contributed by atoms with van der Waals surface area (Å²) in [5.74, 6) is -0.601. The minimum atomic E-state index is -0.313. The molecule has 1 heterocycles. The number of benzene rings is 2. The van der Waals surface area contributed by atoms with E-state index in [4.69, 9.17) is 0 Å². The third-order valence-electron chi connectivity index (χ3n) is 3.22. The van der Waals surface area contributed by atoms with Gasteiger partial charge in [0.05, 0.1) is 23.9 Å². The number of carbonyl (C=O) groups excluding carboxylic acids is 2. The van der Waals surface area contributed by atoms with Crippen molar-refractivity contribution in [1.82, 2.24) is 15.3 Å². The topological polar surface area (TPSA) is 86.9 Å². The van der Waals surface area contributed by atoms with E-state index >= 15 is 0 Å². The molecule has 2 amide bonds. The lowest BCUT2D eigenvalue weighted by molar-refractivity contribution is -0.115. The number of fused-ring (bicyclic) bond motifs is 1. The first-order valence-electron chi connectivity index (χ1n) is 6.88. The normalized spacial score (nSPS) is 10.5. The fourth-order valence-corrected chi connectivity index (χ4v) is 2.34. The van der Waals surface area contributed by atoms with Gasteiger partial charge in [0.25, 0.3) is 5.91 Å². The minimum absolute atomic E-state index is 0.101. The predicted molar refractivity (Wildman–Crippen MR) is 91.2 cm³/mol. The van der Waals surface area contributed by atoms with Gasteiger partial charge in [0.1, 0.15) is 0 Å². The van der Waals surface area contributed by atoms with Crippen LogP contribution >= 0.6 is 15.9 Å². The van der Waals surface area contributed by atoms with Crippen molar-refractivity contribution in [2.45, 2.75) is 0 Å². The first kappa shape index (κ1) is 15.2. The van der Waals surface area contributed by atoms with Crippen LogP contribution in [0.15, 0.2) is 53.3 Å². The van der Waals surface area contributed by atoms with Gasteiger partial charge in [-0.05, 0) is 42.5 Å². The van der Waals surface area contributed by atoms with Crippen molar-refractivity contribution in [2.75, 3.05) is 11.9 Å². The molecule has 0 aliphatic heterocycles. The molecule has 0 fully saturated rings. The number of amides is 2. The fraction of sp³-hybridized carbons (Fsp3) is 0.0625. The van der Waals surface area contributed by atoms with Crippen LogP contribution in [0.4, 0.5) is 5.69 Å². The summed E-state index contributed by atoms with van der Waals surface area (Å²) >= 11 is 3.32. The van der Waals surface area contributed by atoms with Crippen LogP contribution < -0.4 is 10.6 Å². The van der Waals surface area contributed by atoms with Gasteiger partial charge < -0.3 is 15.6 Å². The largest absolute Gasteiger partial charge is 0.345 e. The molecule has 0 aliphatic carbocycles. The lowest BCUT2D eigenvalue weighted by Crippen LogP contribution is -2.32. The number of aromatic amines is 1. The summed E-state index contributed by atoms with van der Waals surface area (Å²) in [6.45, 7) is -0.101. The SMILES string of the molecule is O=C(CNC(=O)c1ccc2nc[nH]c2c1)Nc1ccc(Br)cc1. The smallest absolute Gasteiger partial charge is 0.251 e.